The van der Waals surface area contributed by atoms with Crippen LogP contribution in [0.15, 0.2) is 85.8 Å². The zero-order chi connectivity index (χ0) is 27.8. The van der Waals surface area contributed by atoms with E-state index in [-0.39, 0.29) is 0 Å². The molecule has 1 fully saturated rings. The number of thioether (sulfide) groups is 1. The van der Waals surface area contributed by atoms with E-state index in [2.05, 4.69) is 71.9 Å². The van der Waals surface area contributed by atoms with Crippen LogP contribution in [-0.2, 0) is 21.5 Å². The smallest absolute Gasteiger partial charge is 0.263 e. The average molecular weight is 610 g/mol. The van der Waals surface area contributed by atoms with Crippen molar-refractivity contribution in [3.8, 4) is 0 Å². The Morgan fingerprint density at radius 3 is 2.80 bits per heavy atom. The molecule has 3 unspecified atom stereocenters. The summed E-state index contributed by atoms with van der Waals surface area (Å²) in [5.41, 5.74) is 6.97. The van der Waals surface area contributed by atoms with Gasteiger partial charge in [-0.25, -0.2) is 0 Å². The molecular formula is C32H37N2O2S4+. The van der Waals surface area contributed by atoms with Crippen LogP contribution < -0.4 is 4.57 Å². The fourth-order valence-corrected chi connectivity index (χ4v) is 9.82. The van der Waals surface area contributed by atoms with Crippen molar-refractivity contribution in [1.29, 1.82) is 0 Å². The van der Waals surface area contributed by atoms with E-state index in [1.807, 2.05) is 29.2 Å². The van der Waals surface area contributed by atoms with E-state index in [9.17, 15) is 4.21 Å². The van der Waals surface area contributed by atoms with E-state index in [1.54, 1.807) is 13.4 Å². The highest BCUT2D eigenvalue weighted by Gasteiger charge is 2.34. The molecule has 0 radical (unpaired) electrons. The van der Waals surface area contributed by atoms with Gasteiger partial charge in [0.05, 0.1) is 28.2 Å². The summed E-state index contributed by atoms with van der Waals surface area (Å²) in [5.74, 6) is 0.670. The third-order valence-electron chi connectivity index (χ3n) is 8.20. The lowest BCUT2D eigenvalue weighted by atomic mass is 9.77. The maximum atomic E-state index is 12.1. The van der Waals surface area contributed by atoms with Gasteiger partial charge in [0.15, 0.2) is 0 Å². The molecule has 0 saturated carbocycles. The fraction of sp³-hybridized carbons (Fsp3) is 0.406. The van der Waals surface area contributed by atoms with Gasteiger partial charge < -0.3 is 9.08 Å². The molecule has 0 spiro atoms. The van der Waals surface area contributed by atoms with Crippen molar-refractivity contribution < 1.29 is 13.0 Å². The molecule has 3 aliphatic carbocycles. The van der Waals surface area contributed by atoms with Crippen LogP contribution >= 0.6 is 35.1 Å². The van der Waals surface area contributed by atoms with Crippen LogP contribution in [0.5, 0.6) is 0 Å². The van der Waals surface area contributed by atoms with Gasteiger partial charge >= 0.3 is 0 Å². The Kier molecular flexibility index (Phi) is 8.61. The van der Waals surface area contributed by atoms with Crippen LogP contribution in [0.25, 0.3) is 16.3 Å². The number of nitrogens with zero attached hydrogens (tertiary/aromatic N) is 2. The molecule has 1 aromatic carbocycles. The van der Waals surface area contributed by atoms with E-state index in [0.29, 0.717) is 11.2 Å². The van der Waals surface area contributed by atoms with E-state index in [0.717, 1.165) is 37.2 Å². The number of rotatable bonds is 7. The molecule has 1 saturated heterocycles. The molecule has 3 atom stereocenters. The largest absolute Gasteiger partial charge is 0.339 e. The lowest BCUT2D eigenvalue weighted by molar-refractivity contribution is -0.665. The van der Waals surface area contributed by atoms with Crippen LogP contribution in [0.2, 0.25) is 0 Å². The van der Waals surface area contributed by atoms with Crippen molar-refractivity contribution >= 4 is 62.2 Å². The van der Waals surface area contributed by atoms with Crippen LogP contribution in [-0.4, -0.2) is 34.3 Å². The molecule has 1 aliphatic heterocycles. The second-order valence-electron chi connectivity index (χ2n) is 10.6. The minimum atomic E-state index is -0.971. The molecule has 2 heterocycles. The first-order chi connectivity index (χ1) is 19.5. The number of aryl methyl sites for hydroxylation is 1. The number of benzene rings is 1. The monoisotopic (exact) mass is 609 g/mol. The molecule has 0 amide bonds. The molecule has 4 aliphatic rings. The number of hydrogen-bond acceptors (Lipinski definition) is 6. The van der Waals surface area contributed by atoms with Gasteiger partial charge in [0.1, 0.15) is 11.2 Å². The third kappa shape index (κ3) is 5.62. The van der Waals surface area contributed by atoms with Crippen molar-refractivity contribution in [2.75, 3.05) is 19.9 Å². The second-order valence-corrected chi connectivity index (χ2v) is 15.3. The quantitative estimate of drug-likeness (QED) is 0.234. The summed E-state index contributed by atoms with van der Waals surface area (Å²) >= 11 is 5.31. The average Bonchev–Trinajstić information content (AvgIpc) is 3.48. The number of hydrogen-bond donors (Lipinski definition) is 0. The predicted molar refractivity (Wildman–Crippen MR) is 173 cm³/mol. The first-order valence-corrected chi connectivity index (χ1v) is 18.2. The molecule has 40 heavy (non-hydrogen) atoms. The van der Waals surface area contributed by atoms with Gasteiger partial charge in [0.25, 0.3) is 5.01 Å². The van der Waals surface area contributed by atoms with Gasteiger partial charge in [0.2, 0.25) is 5.52 Å². The van der Waals surface area contributed by atoms with Crippen molar-refractivity contribution in [1.82, 2.24) is 4.90 Å². The molecule has 4 nitrogen and oxygen atoms in total. The normalized spacial score (nSPS) is 25.4. The summed E-state index contributed by atoms with van der Waals surface area (Å²) in [6.07, 6.45) is 22.0. The van der Waals surface area contributed by atoms with E-state index < -0.39 is 10.8 Å². The summed E-state index contributed by atoms with van der Waals surface area (Å²) in [4.78, 5) is 4.60. The van der Waals surface area contributed by atoms with Crippen LogP contribution in [0.3, 0.4) is 0 Å². The van der Waals surface area contributed by atoms with Crippen LogP contribution in [0.1, 0.15) is 51.0 Å². The molecule has 0 N–H and O–H groups in total. The van der Waals surface area contributed by atoms with Gasteiger partial charge in [-0.1, -0.05) is 41.3 Å². The Labute approximate surface area is 253 Å². The van der Waals surface area contributed by atoms with Crippen LogP contribution in [0.4, 0.5) is 0 Å². The fourth-order valence-electron chi connectivity index (χ4n) is 6.19. The van der Waals surface area contributed by atoms with Gasteiger partial charge in [-0.3, -0.25) is 4.21 Å². The summed E-state index contributed by atoms with van der Waals surface area (Å²) in [6, 6.07) is 6.24. The Balaban J connectivity index is 1.28. The lowest BCUT2D eigenvalue weighted by Gasteiger charge is -2.28. The molecule has 1 aromatic heterocycles. The summed E-state index contributed by atoms with van der Waals surface area (Å²) in [6.45, 7) is 6.34. The zero-order valence-corrected chi connectivity index (χ0v) is 26.9. The SMILES string of the molecule is CCN1C(=CC2=CC3=CC(=Cc4sc5ccc(S(C)=O)cc5[n+]4CC)CCC3CC2)SC2CC=C(SOC)C=C21. The molecule has 210 valence electrons. The number of aromatic nitrogens is 1. The number of thiazole rings is 1. The summed E-state index contributed by atoms with van der Waals surface area (Å²) < 4.78 is 21.0. The highest BCUT2D eigenvalue weighted by Crippen LogP contribution is 2.48. The van der Waals surface area contributed by atoms with Gasteiger partial charge in [0, 0.05) is 52.5 Å². The lowest BCUT2D eigenvalue weighted by Crippen LogP contribution is -2.33. The minimum Gasteiger partial charge on any atom is -0.339 e. The Morgan fingerprint density at radius 2 is 2.02 bits per heavy atom. The maximum absolute atomic E-state index is 12.1. The van der Waals surface area contributed by atoms with Crippen LogP contribution in [0, 0.1) is 5.92 Å². The number of fused-ring (bicyclic) bond motifs is 3. The van der Waals surface area contributed by atoms with Gasteiger partial charge in [-0.2, -0.15) is 4.57 Å². The maximum Gasteiger partial charge on any atom is 0.263 e. The highest BCUT2D eigenvalue weighted by atomic mass is 32.2. The van der Waals surface area contributed by atoms with E-state index >= 15 is 0 Å². The van der Waals surface area contributed by atoms with Gasteiger partial charge in [-0.05, 0) is 92.9 Å². The molecular weight excluding hydrogens is 573 g/mol. The minimum absolute atomic E-state index is 0.507. The second kappa shape index (κ2) is 12.2. The van der Waals surface area contributed by atoms with Crippen molar-refractivity contribution in [3.05, 3.63) is 85.9 Å². The predicted octanol–water partition coefficient (Wildman–Crippen LogP) is 8.13. The van der Waals surface area contributed by atoms with Gasteiger partial charge in [-0.15, -0.1) is 0 Å². The standard InChI is InChI=1S/C32H37N2O2S4/c1-5-33-27-19-25(39-36-3)11-13-29(27)37-31(33)17-21-7-9-23-10-8-22(16-24(23)15-21)18-32-34(6-2)28-20-26(40(4)35)12-14-30(28)38-32/h11-12,14-20,23,29H,5-10,13H2,1-4H3/q+1. The Hall–Kier alpha value is -1.84. The molecule has 0 bridgehead atoms. The van der Waals surface area contributed by atoms with E-state index in [4.69, 9.17) is 4.18 Å². The van der Waals surface area contributed by atoms with Crippen molar-refractivity contribution in [2.24, 2.45) is 5.92 Å². The first kappa shape index (κ1) is 28.3. The molecule has 2 aromatic rings. The molecule has 6 rings (SSSR count). The zero-order valence-electron chi connectivity index (χ0n) is 23.6. The summed E-state index contributed by atoms with van der Waals surface area (Å²) in [7, 11) is 0.767. The van der Waals surface area contributed by atoms with E-state index in [1.165, 1.54) is 72.5 Å². The highest BCUT2D eigenvalue weighted by molar-refractivity contribution is 8.04. The van der Waals surface area contributed by atoms with Crippen molar-refractivity contribution in [2.45, 2.75) is 62.6 Å². The third-order valence-corrected chi connectivity index (χ3v) is 12.2. The Morgan fingerprint density at radius 1 is 1.18 bits per heavy atom. The topological polar surface area (TPSA) is 33.4 Å². The number of allylic oxidation sites excluding steroid dienone is 8. The Bertz CT molecular complexity index is 1540. The summed E-state index contributed by atoms with van der Waals surface area (Å²) in [5, 5.41) is 3.17. The van der Waals surface area contributed by atoms with Crippen molar-refractivity contribution in [3.63, 3.8) is 0 Å². The molecule has 8 heteroatoms. The first-order valence-electron chi connectivity index (χ1n) is 14.2.